The Morgan fingerprint density at radius 3 is 2.46 bits per heavy atom. The lowest BCUT2D eigenvalue weighted by Gasteiger charge is -2.26. The van der Waals surface area contributed by atoms with E-state index in [2.05, 4.69) is 0 Å². The van der Waals surface area contributed by atoms with E-state index in [-0.39, 0.29) is 23.1 Å². The highest BCUT2D eigenvalue weighted by molar-refractivity contribution is 5.92. The summed E-state index contributed by atoms with van der Waals surface area (Å²) in [6.07, 6.45) is 0.0527. The first-order chi connectivity index (χ1) is 11.4. The maximum absolute atomic E-state index is 12.2. The van der Waals surface area contributed by atoms with Crippen LogP contribution in [0.4, 0.5) is 0 Å². The molecule has 6 heteroatoms. The minimum absolute atomic E-state index is 0.00448. The summed E-state index contributed by atoms with van der Waals surface area (Å²) >= 11 is 0. The van der Waals surface area contributed by atoms with Crippen LogP contribution in [0.15, 0.2) is 47.1 Å². The molecule has 1 aromatic rings. The van der Waals surface area contributed by atoms with Crippen molar-refractivity contribution in [2.75, 3.05) is 7.11 Å². The van der Waals surface area contributed by atoms with E-state index in [0.717, 1.165) is 5.56 Å². The number of methoxy groups -OCH3 is 1. The molecular weight excluding hydrogens is 308 g/mol. The van der Waals surface area contributed by atoms with Gasteiger partial charge in [0.25, 0.3) is 0 Å². The van der Waals surface area contributed by atoms with Crippen molar-refractivity contribution < 1.29 is 19.0 Å². The van der Waals surface area contributed by atoms with Gasteiger partial charge in [0.1, 0.15) is 23.2 Å². The van der Waals surface area contributed by atoms with Crippen LogP contribution in [-0.2, 0) is 14.3 Å². The second-order valence-corrected chi connectivity index (χ2v) is 5.62. The molecule has 0 fully saturated rings. The zero-order chi connectivity index (χ0) is 17.9. The van der Waals surface area contributed by atoms with Crippen molar-refractivity contribution in [1.29, 1.82) is 5.26 Å². The maximum atomic E-state index is 12.2. The van der Waals surface area contributed by atoms with Gasteiger partial charge in [-0.05, 0) is 38.5 Å². The predicted molar refractivity (Wildman–Crippen MR) is 87.6 cm³/mol. The van der Waals surface area contributed by atoms with Crippen LogP contribution in [0.1, 0.15) is 32.3 Å². The Kier molecular flexibility index (Phi) is 5.14. The Balaban J connectivity index is 2.50. The molecule has 0 amide bonds. The first-order valence-corrected chi connectivity index (χ1v) is 7.52. The largest absolute Gasteiger partial charge is 0.491 e. The van der Waals surface area contributed by atoms with Crippen LogP contribution < -0.4 is 10.5 Å². The summed E-state index contributed by atoms with van der Waals surface area (Å²) < 4.78 is 15.8. The Hall–Kier alpha value is -2.94. The van der Waals surface area contributed by atoms with Crippen molar-refractivity contribution >= 4 is 5.97 Å². The second-order valence-electron chi connectivity index (χ2n) is 5.62. The molecule has 126 valence electrons. The van der Waals surface area contributed by atoms with Gasteiger partial charge in [0.05, 0.1) is 24.7 Å². The highest BCUT2D eigenvalue weighted by atomic mass is 16.5. The number of nitrogens with two attached hydrogens (primary N) is 1. The van der Waals surface area contributed by atoms with Crippen molar-refractivity contribution in [3.8, 4) is 11.8 Å². The molecule has 2 N–H and O–H groups in total. The Labute approximate surface area is 141 Å². The molecule has 0 bridgehead atoms. The lowest BCUT2D eigenvalue weighted by atomic mass is 9.83. The minimum atomic E-state index is -0.635. The van der Waals surface area contributed by atoms with Gasteiger partial charge in [-0.25, -0.2) is 4.79 Å². The molecule has 0 aromatic heterocycles. The zero-order valence-electron chi connectivity index (χ0n) is 14.1. The highest BCUT2D eigenvalue weighted by Crippen LogP contribution is 2.39. The van der Waals surface area contributed by atoms with Gasteiger partial charge < -0.3 is 19.9 Å². The molecule has 24 heavy (non-hydrogen) atoms. The minimum Gasteiger partial charge on any atom is -0.491 e. The molecular formula is C18H20N2O4. The van der Waals surface area contributed by atoms with Gasteiger partial charge in [0.15, 0.2) is 0 Å². The van der Waals surface area contributed by atoms with Gasteiger partial charge in [-0.3, -0.25) is 0 Å². The predicted octanol–water partition coefficient (Wildman–Crippen LogP) is 2.73. The molecule has 0 saturated heterocycles. The van der Waals surface area contributed by atoms with Gasteiger partial charge in [-0.2, -0.15) is 5.26 Å². The number of ether oxygens (including phenoxy) is 3. The first-order valence-electron chi connectivity index (χ1n) is 7.52. The van der Waals surface area contributed by atoms with Crippen molar-refractivity contribution in [1.82, 2.24) is 0 Å². The summed E-state index contributed by atoms with van der Waals surface area (Å²) in [5.74, 6) is -0.165. The molecule has 0 radical (unpaired) electrons. The number of hydrogen-bond acceptors (Lipinski definition) is 6. The topological polar surface area (TPSA) is 94.6 Å². The summed E-state index contributed by atoms with van der Waals surface area (Å²) in [4.78, 5) is 12.2. The molecule has 0 spiro atoms. The number of allylic oxidation sites excluding steroid dienone is 2. The second kappa shape index (κ2) is 7.09. The molecule has 1 aliphatic rings. The third kappa shape index (κ3) is 3.35. The standard InChI is InChI=1S/C18H20N2O4/c1-10(2)23-13-7-5-12(6-8-13)16-14(9-19)17(20)24-11(3)15(16)18(21)22-4/h5-8,10,16H,20H2,1-4H3/t16-/m1/s1. The third-order valence-electron chi connectivity index (χ3n) is 3.60. The van der Waals surface area contributed by atoms with Crippen LogP contribution >= 0.6 is 0 Å². The zero-order valence-corrected chi connectivity index (χ0v) is 14.1. The average molecular weight is 328 g/mol. The van der Waals surface area contributed by atoms with Crippen molar-refractivity contribution in [3.05, 3.63) is 52.6 Å². The number of nitrogens with zero attached hydrogens (tertiary/aromatic N) is 1. The number of esters is 1. The molecule has 0 saturated carbocycles. The highest BCUT2D eigenvalue weighted by Gasteiger charge is 2.35. The molecule has 6 nitrogen and oxygen atoms in total. The van der Waals surface area contributed by atoms with E-state index in [1.807, 2.05) is 19.9 Å². The summed E-state index contributed by atoms with van der Waals surface area (Å²) in [5, 5.41) is 9.46. The van der Waals surface area contributed by atoms with E-state index >= 15 is 0 Å². The number of rotatable bonds is 4. The first kappa shape index (κ1) is 17.4. The molecule has 1 heterocycles. The molecule has 1 atom stereocenters. The molecule has 0 aliphatic carbocycles. The number of hydrogen-bond donors (Lipinski definition) is 1. The number of benzene rings is 1. The van der Waals surface area contributed by atoms with Gasteiger partial charge in [-0.1, -0.05) is 12.1 Å². The number of carbonyl (C=O) groups excluding carboxylic acids is 1. The van der Waals surface area contributed by atoms with Crippen molar-refractivity contribution in [3.63, 3.8) is 0 Å². The van der Waals surface area contributed by atoms with E-state index in [4.69, 9.17) is 19.9 Å². The molecule has 1 aromatic carbocycles. The fourth-order valence-electron chi connectivity index (χ4n) is 2.60. The van der Waals surface area contributed by atoms with E-state index < -0.39 is 11.9 Å². The molecule has 0 unspecified atom stereocenters. The van der Waals surface area contributed by atoms with Gasteiger partial charge in [-0.15, -0.1) is 0 Å². The lowest BCUT2D eigenvalue weighted by Crippen LogP contribution is -2.25. The number of carbonyl (C=O) groups is 1. The van der Waals surface area contributed by atoms with Crippen LogP contribution in [0.5, 0.6) is 5.75 Å². The van der Waals surface area contributed by atoms with Gasteiger partial charge >= 0.3 is 5.97 Å². The summed E-state index contributed by atoms with van der Waals surface area (Å²) in [7, 11) is 1.28. The maximum Gasteiger partial charge on any atom is 0.338 e. The van der Waals surface area contributed by atoms with E-state index in [1.165, 1.54) is 7.11 Å². The van der Waals surface area contributed by atoms with Crippen LogP contribution in [0.2, 0.25) is 0 Å². The normalized spacial score (nSPS) is 17.4. The monoisotopic (exact) mass is 328 g/mol. The smallest absolute Gasteiger partial charge is 0.338 e. The Bertz CT molecular complexity index is 739. The Morgan fingerprint density at radius 2 is 1.96 bits per heavy atom. The Morgan fingerprint density at radius 1 is 1.33 bits per heavy atom. The fraction of sp³-hybridized carbons (Fsp3) is 0.333. The van der Waals surface area contributed by atoms with Crippen LogP contribution in [-0.4, -0.2) is 19.2 Å². The summed E-state index contributed by atoms with van der Waals surface area (Å²) in [6.45, 7) is 5.49. The number of nitriles is 1. The van der Waals surface area contributed by atoms with E-state index in [0.29, 0.717) is 11.5 Å². The van der Waals surface area contributed by atoms with Crippen LogP contribution in [0.3, 0.4) is 0 Å². The van der Waals surface area contributed by atoms with E-state index in [9.17, 15) is 10.1 Å². The average Bonchev–Trinajstić information content (AvgIpc) is 2.54. The SMILES string of the molecule is COC(=O)C1=C(C)OC(N)=C(C#N)[C@H]1c1ccc(OC(C)C)cc1. The van der Waals surface area contributed by atoms with Crippen molar-refractivity contribution in [2.45, 2.75) is 32.8 Å². The van der Waals surface area contributed by atoms with Gasteiger partial charge in [0.2, 0.25) is 5.88 Å². The molecule has 1 aliphatic heterocycles. The summed E-state index contributed by atoms with van der Waals surface area (Å²) in [5.41, 5.74) is 7.01. The van der Waals surface area contributed by atoms with Crippen molar-refractivity contribution in [2.24, 2.45) is 5.73 Å². The quantitative estimate of drug-likeness (QED) is 0.854. The van der Waals surface area contributed by atoms with Crippen LogP contribution in [0.25, 0.3) is 0 Å². The fourth-order valence-corrected chi connectivity index (χ4v) is 2.60. The summed E-state index contributed by atoms with van der Waals surface area (Å²) in [6, 6.07) is 9.22. The van der Waals surface area contributed by atoms with Gasteiger partial charge in [0, 0.05) is 0 Å². The van der Waals surface area contributed by atoms with E-state index in [1.54, 1.807) is 31.2 Å². The lowest BCUT2D eigenvalue weighted by molar-refractivity contribution is -0.136. The third-order valence-corrected chi connectivity index (χ3v) is 3.60. The molecule has 2 rings (SSSR count). The van der Waals surface area contributed by atoms with Crippen LogP contribution in [0, 0.1) is 11.3 Å².